The summed E-state index contributed by atoms with van der Waals surface area (Å²) in [7, 11) is 0. The zero-order valence-corrected chi connectivity index (χ0v) is 21.9. The SMILES string of the molecule is CC(C)c1ccccc1[C@H]1CN([C@@H](Cl)c2ccccc2)CC(=O)N1C1CC2(CCN(C(=O)O)CC2)C1. The molecule has 1 spiro atoms. The van der Waals surface area contributed by atoms with Gasteiger partial charge in [-0.2, -0.15) is 0 Å². The predicted octanol–water partition coefficient (Wildman–Crippen LogP) is 5.86. The molecular weight excluding hydrogens is 474 g/mol. The van der Waals surface area contributed by atoms with E-state index in [4.69, 9.17) is 11.6 Å². The molecule has 0 bridgehead atoms. The van der Waals surface area contributed by atoms with Crippen LogP contribution in [0.3, 0.4) is 0 Å². The Balaban J connectivity index is 1.40. The average molecular weight is 510 g/mol. The van der Waals surface area contributed by atoms with E-state index < -0.39 is 6.09 Å². The summed E-state index contributed by atoms with van der Waals surface area (Å²) in [6.07, 6.45) is 2.85. The van der Waals surface area contributed by atoms with Crippen LogP contribution >= 0.6 is 11.6 Å². The van der Waals surface area contributed by atoms with Crippen molar-refractivity contribution in [1.29, 1.82) is 0 Å². The molecule has 2 amide bonds. The summed E-state index contributed by atoms with van der Waals surface area (Å²) in [5.41, 5.74) is 3.29. The van der Waals surface area contributed by atoms with Gasteiger partial charge >= 0.3 is 6.09 Å². The van der Waals surface area contributed by atoms with E-state index in [1.807, 2.05) is 30.3 Å². The van der Waals surface area contributed by atoms with Crippen LogP contribution in [0.2, 0.25) is 0 Å². The molecule has 0 aromatic heterocycles. The van der Waals surface area contributed by atoms with E-state index in [9.17, 15) is 14.7 Å². The van der Waals surface area contributed by atoms with Crippen LogP contribution in [-0.4, -0.2) is 64.0 Å². The van der Waals surface area contributed by atoms with Gasteiger partial charge < -0.3 is 14.9 Å². The molecule has 2 heterocycles. The second kappa shape index (κ2) is 10.1. The number of nitrogens with zero attached hydrogens (tertiary/aromatic N) is 3. The quantitative estimate of drug-likeness (QED) is 0.405. The van der Waals surface area contributed by atoms with Crippen LogP contribution in [-0.2, 0) is 4.79 Å². The van der Waals surface area contributed by atoms with Gasteiger partial charge in [0.15, 0.2) is 0 Å². The first kappa shape index (κ1) is 25.1. The highest BCUT2D eigenvalue weighted by atomic mass is 35.5. The number of piperidine rings is 1. The number of likely N-dealkylation sites (tertiary alicyclic amines) is 1. The lowest BCUT2D eigenvalue weighted by Crippen LogP contribution is -2.62. The smallest absolute Gasteiger partial charge is 0.407 e. The molecule has 1 aliphatic carbocycles. The number of piperazine rings is 1. The maximum absolute atomic E-state index is 13.8. The molecule has 192 valence electrons. The minimum absolute atomic E-state index is 0.0590. The van der Waals surface area contributed by atoms with Crippen molar-refractivity contribution in [2.45, 2.75) is 63.0 Å². The van der Waals surface area contributed by atoms with Crippen molar-refractivity contribution in [1.82, 2.24) is 14.7 Å². The van der Waals surface area contributed by atoms with Crippen LogP contribution in [0.15, 0.2) is 54.6 Å². The van der Waals surface area contributed by atoms with Gasteiger partial charge in [0.05, 0.1) is 12.6 Å². The van der Waals surface area contributed by atoms with Crippen molar-refractivity contribution in [2.24, 2.45) is 5.41 Å². The highest BCUT2D eigenvalue weighted by Gasteiger charge is 2.52. The molecule has 2 aromatic carbocycles. The number of carbonyl (C=O) groups excluding carboxylic acids is 1. The lowest BCUT2D eigenvalue weighted by Gasteiger charge is -2.58. The third kappa shape index (κ3) is 4.73. The Morgan fingerprint density at radius 2 is 1.67 bits per heavy atom. The first-order valence-electron chi connectivity index (χ1n) is 13.1. The molecular formula is C29H36ClN3O3. The maximum Gasteiger partial charge on any atom is 0.407 e. The molecule has 1 saturated carbocycles. The molecule has 6 nitrogen and oxygen atoms in total. The molecule has 2 aliphatic heterocycles. The average Bonchev–Trinajstić information content (AvgIpc) is 2.87. The van der Waals surface area contributed by atoms with Crippen molar-refractivity contribution >= 4 is 23.6 Å². The number of hydrogen-bond acceptors (Lipinski definition) is 3. The zero-order valence-electron chi connectivity index (χ0n) is 21.1. The van der Waals surface area contributed by atoms with E-state index in [2.05, 4.69) is 47.9 Å². The summed E-state index contributed by atoms with van der Waals surface area (Å²) < 4.78 is 0. The molecule has 3 fully saturated rings. The Labute approximate surface area is 218 Å². The molecule has 3 aliphatic rings. The fraction of sp³-hybridized carbons (Fsp3) is 0.517. The predicted molar refractivity (Wildman–Crippen MR) is 141 cm³/mol. The van der Waals surface area contributed by atoms with Crippen LogP contribution < -0.4 is 0 Å². The van der Waals surface area contributed by atoms with Crippen LogP contribution in [0.25, 0.3) is 0 Å². The fourth-order valence-corrected chi connectivity index (χ4v) is 6.86. The van der Waals surface area contributed by atoms with Gasteiger partial charge in [-0.25, -0.2) is 4.79 Å². The second-order valence-corrected chi connectivity index (χ2v) is 11.5. The molecule has 7 heteroatoms. The van der Waals surface area contributed by atoms with Gasteiger partial charge in [-0.15, -0.1) is 11.6 Å². The number of amides is 2. The molecule has 0 radical (unpaired) electrons. The molecule has 2 atom stereocenters. The van der Waals surface area contributed by atoms with Gasteiger partial charge in [0, 0.05) is 25.7 Å². The summed E-state index contributed by atoms with van der Waals surface area (Å²) in [5.74, 6) is 0.483. The first-order chi connectivity index (χ1) is 17.3. The lowest BCUT2D eigenvalue weighted by atomic mass is 9.59. The third-order valence-corrected chi connectivity index (χ3v) is 9.10. The number of halogens is 1. The number of hydrogen-bond donors (Lipinski definition) is 1. The van der Waals surface area contributed by atoms with Crippen LogP contribution in [0.1, 0.15) is 73.7 Å². The Morgan fingerprint density at radius 3 is 2.31 bits per heavy atom. The van der Waals surface area contributed by atoms with Crippen LogP contribution in [0, 0.1) is 5.41 Å². The van der Waals surface area contributed by atoms with Crippen molar-refractivity contribution in [3.63, 3.8) is 0 Å². The monoisotopic (exact) mass is 509 g/mol. The fourth-order valence-electron chi connectivity index (χ4n) is 6.56. The Hall–Kier alpha value is -2.57. The molecule has 2 saturated heterocycles. The number of carboxylic acid groups (broad SMARTS) is 1. The number of alkyl halides is 1. The zero-order chi connectivity index (χ0) is 25.4. The van der Waals surface area contributed by atoms with Gasteiger partial charge in [0.1, 0.15) is 5.50 Å². The normalized spacial score (nSPS) is 23.7. The van der Waals surface area contributed by atoms with Crippen molar-refractivity contribution < 1.29 is 14.7 Å². The van der Waals surface area contributed by atoms with E-state index in [1.54, 1.807) is 0 Å². The summed E-state index contributed by atoms with van der Waals surface area (Å²) in [5, 5.41) is 9.33. The Bertz CT molecular complexity index is 1090. The van der Waals surface area contributed by atoms with Crippen molar-refractivity contribution in [2.75, 3.05) is 26.2 Å². The minimum atomic E-state index is -0.827. The van der Waals surface area contributed by atoms with E-state index >= 15 is 0 Å². The molecule has 0 unspecified atom stereocenters. The summed E-state index contributed by atoms with van der Waals surface area (Å²) in [6, 6.07) is 18.6. The van der Waals surface area contributed by atoms with Gasteiger partial charge in [0.2, 0.25) is 5.91 Å². The molecule has 1 N–H and O–H groups in total. The van der Waals surface area contributed by atoms with Crippen molar-refractivity contribution in [3.05, 3.63) is 71.3 Å². The Morgan fingerprint density at radius 1 is 1.03 bits per heavy atom. The molecule has 5 rings (SSSR count). The molecule has 2 aromatic rings. The second-order valence-electron chi connectivity index (χ2n) is 11.1. The van der Waals surface area contributed by atoms with Gasteiger partial charge in [-0.3, -0.25) is 9.69 Å². The largest absolute Gasteiger partial charge is 0.465 e. The van der Waals surface area contributed by atoms with Crippen LogP contribution in [0.5, 0.6) is 0 Å². The number of carbonyl (C=O) groups is 2. The first-order valence-corrected chi connectivity index (χ1v) is 13.5. The van der Waals surface area contributed by atoms with E-state index in [0.29, 0.717) is 32.1 Å². The number of rotatable bonds is 5. The number of benzene rings is 2. The highest BCUT2D eigenvalue weighted by Crippen LogP contribution is 2.53. The third-order valence-electron chi connectivity index (χ3n) is 8.57. The van der Waals surface area contributed by atoms with E-state index in [-0.39, 0.29) is 28.9 Å². The maximum atomic E-state index is 13.8. The summed E-state index contributed by atoms with van der Waals surface area (Å²) >= 11 is 6.94. The molecule has 36 heavy (non-hydrogen) atoms. The van der Waals surface area contributed by atoms with Gasteiger partial charge in [-0.1, -0.05) is 68.4 Å². The van der Waals surface area contributed by atoms with Gasteiger partial charge in [0.25, 0.3) is 0 Å². The standard InChI is InChI=1S/C29H36ClN3O3/c1-20(2)23-10-6-7-11-24(23)25-18-32(27(30)21-8-4-3-5-9-21)19-26(34)33(25)22-16-29(17-22)12-14-31(15-13-29)28(35)36/h3-11,20,22,25,27H,12-19H2,1-2H3,(H,35,36)/t25-,27-/m1/s1. The highest BCUT2D eigenvalue weighted by molar-refractivity contribution is 6.20. The summed E-state index contributed by atoms with van der Waals surface area (Å²) in [4.78, 5) is 30.9. The van der Waals surface area contributed by atoms with Gasteiger partial charge in [-0.05, 0) is 53.7 Å². The van der Waals surface area contributed by atoms with E-state index in [0.717, 1.165) is 31.2 Å². The minimum Gasteiger partial charge on any atom is -0.465 e. The van der Waals surface area contributed by atoms with Crippen LogP contribution in [0.4, 0.5) is 4.79 Å². The topological polar surface area (TPSA) is 64.1 Å². The van der Waals surface area contributed by atoms with E-state index in [1.165, 1.54) is 16.0 Å². The van der Waals surface area contributed by atoms with Crippen molar-refractivity contribution in [3.8, 4) is 0 Å². The lowest BCUT2D eigenvalue weighted by molar-refractivity contribution is -0.153. The Kier molecular flexibility index (Phi) is 7.01. The summed E-state index contributed by atoms with van der Waals surface area (Å²) in [6.45, 7) is 6.58.